The lowest BCUT2D eigenvalue weighted by Gasteiger charge is -2.44. The molecule has 1 amide bonds. The van der Waals surface area contributed by atoms with Gasteiger partial charge in [0.15, 0.2) is 24.5 Å². The summed E-state index contributed by atoms with van der Waals surface area (Å²) in [6.45, 7) is 4.09. The number of esters is 4. The van der Waals surface area contributed by atoms with Gasteiger partial charge in [-0.05, 0) is 6.07 Å². The number of aromatic nitrogens is 4. The summed E-state index contributed by atoms with van der Waals surface area (Å²) in [7, 11) is 1.43. The van der Waals surface area contributed by atoms with Gasteiger partial charge in [0.25, 0.3) is 5.91 Å². The fourth-order valence-corrected chi connectivity index (χ4v) is 3.85. The van der Waals surface area contributed by atoms with Crippen molar-refractivity contribution in [3.63, 3.8) is 0 Å². The third kappa shape index (κ3) is 7.95. The van der Waals surface area contributed by atoms with Crippen LogP contribution in [0.1, 0.15) is 50.1 Å². The Morgan fingerprint density at radius 1 is 0.925 bits per heavy atom. The number of methoxy groups -OCH3 is 1. The summed E-state index contributed by atoms with van der Waals surface area (Å²) in [6.07, 6.45) is -5.04. The second kappa shape index (κ2) is 13.5. The van der Waals surface area contributed by atoms with Crippen molar-refractivity contribution in [3.05, 3.63) is 35.8 Å². The highest BCUT2D eigenvalue weighted by atomic mass is 16.7. The molecule has 5 atom stereocenters. The fourth-order valence-electron chi connectivity index (χ4n) is 3.85. The predicted molar refractivity (Wildman–Crippen MR) is 129 cm³/mol. The fraction of sp³-hybridized carbons (Fsp3) is 0.500. The first-order valence-electron chi connectivity index (χ1n) is 12.0. The summed E-state index contributed by atoms with van der Waals surface area (Å²) in [5.74, 6) is -3.14. The van der Waals surface area contributed by atoms with Crippen molar-refractivity contribution < 1.29 is 52.4 Å². The van der Waals surface area contributed by atoms with Crippen molar-refractivity contribution in [3.8, 4) is 5.88 Å². The Balaban J connectivity index is 1.88. The van der Waals surface area contributed by atoms with Crippen LogP contribution in [-0.4, -0.2) is 87.9 Å². The molecule has 3 heterocycles. The summed E-state index contributed by atoms with van der Waals surface area (Å²) < 4.78 is 33.5. The maximum Gasteiger partial charge on any atom is 0.303 e. The van der Waals surface area contributed by atoms with Crippen molar-refractivity contribution in [2.24, 2.45) is 0 Å². The molecule has 0 aliphatic carbocycles. The maximum atomic E-state index is 12.5. The van der Waals surface area contributed by atoms with E-state index < -0.39 is 60.4 Å². The number of hydrogen-bond donors (Lipinski definition) is 1. The summed E-state index contributed by atoms with van der Waals surface area (Å²) in [5.41, 5.74) is 0.399. The van der Waals surface area contributed by atoms with Gasteiger partial charge in [-0.25, -0.2) is 9.67 Å². The molecule has 40 heavy (non-hydrogen) atoms. The van der Waals surface area contributed by atoms with Gasteiger partial charge in [0.1, 0.15) is 24.1 Å². The molecule has 1 fully saturated rings. The van der Waals surface area contributed by atoms with Gasteiger partial charge in [-0.15, -0.1) is 5.10 Å². The van der Waals surface area contributed by atoms with Crippen molar-refractivity contribution >= 4 is 29.8 Å². The molecule has 16 heteroatoms. The van der Waals surface area contributed by atoms with E-state index in [9.17, 15) is 24.0 Å². The molecule has 0 bridgehead atoms. The third-order valence-electron chi connectivity index (χ3n) is 5.38. The maximum absolute atomic E-state index is 12.5. The molecule has 1 aliphatic heterocycles. The van der Waals surface area contributed by atoms with Crippen LogP contribution < -0.4 is 10.1 Å². The summed E-state index contributed by atoms with van der Waals surface area (Å²) in [4.78, 5) is 63.9. The Morgan fingerprint density at radius 3 is 2.20 bits per heavy atom. The van der Waals surface area contributed by atoms with E-state index >= 15 is 0 Å². The lowest BCUT2D eigenvalue weighted by Crippen LogP contribution is -2.60. The van der Waals surface area contributed by atoms with Crippen LogP contribution in [-0.2, 0) is 49.4 Å². The molecular weight excluding hydrogens is 534 g/mol. The smallest absolute Gasteiger partial charge is 0.303 e. The van der Waals surface area contributed by atoms with E-state index in [1.807, 2.05) is 0 Å². The molecule has 2 aromatic rings. The highest BCUT2D eigenvalue weighted by Gasteiger charge is 2.53. The highest BCUT2D eigenvalue weighted by Crippen LogP contribution is 2.34. The van der Waals surface area contributed by atoms with Crippen LogP contribution in [0.4, 0.5) is 0 Å². The number of rotatable bonds is 10. The third-order valence-corrected chi connectivity index (χ3v) is 5.38. The lowest BCUT2D eigenvalue weighted by atomic mass is 9.97. The molecule has 1 saturated heterocycles. The average Bonchev–Trinajstić information content (AvgIpc) is 3.36. The SMILES string of the molecule is COc1cccc(C(=O)NCc2cn([C@@H]3O[C@H](COC(C)=O)[C@@H](OC(C)=O)[C@H](OC(C)=O)[C@H]3OC(C)=O)nn2)n1. The van der Waals surface area contributed by atoms with Gasteiger partial charge < -0.3 is 33.7 Å². The molecule has 0 radical (unpaired) electrons. The van der Waals surface area contributed by atoms with Crippen LogP contribution >= 0.6 is 0 Å². The molecule has 216 valence electrons. The Kier molecular flexibility index (Phi) is 10.1. The molecule has 3 rings (SSSR count). The Hall–Kier alpha value is -4.60. The van der Waals surface area contributed by atoms with Crippen molar-refractivity contribution in [1.29, 1.82) is 0 Å². The minimum atomic E-state index is -1.36. The van der Waals surface area contributed by atoms with Gasteiger partial charge in [-0.1, -0.05) is 11.3 Å². The highest BCUT2D eigenvalue weighted by molar-refractivity contribution is 5.92. The monoisotopic (exact) mass is 563 g/mol. The number of pyridine rings is 1. The summed E-state index contributed by atoms with van der Waals surface area (Å²) in [6, 6.07) is 4.71. The van der Waals surface area contributed by atoms with E-state index in [-0.39, 0.29) is 30.4 Å². The minimum absolute atomic E-state index is 0.0665. The summed E-state index contributed by atoms with van der Waals surface area (Å²) >= 11 is 0. The molecule has 0 spiro atoms. The zero-order valence-corrected chi connectivity index (χ0v) is 22.4. The Labute approximate surface area is 228 Å². The van der Waals surface area contributed by atoms with E-state index in [4.69, 9.17) is 28.4 Å². The summed E-state index contributed by atoms with van der Waals surface area (Å²) in [5, 5.41) is 10.7. The van der Waals surface area contributed by atoms with Crippen LogP contribution in [0.25, 0.3) is 0 Å². The van der Waals surface area contributed by atoms with Crippen LogP contribution in [0.2, 0.25) is 0 Å². The molecular formula is C24H29N5O11. The molecule has 2 aromatic heterocycles. The van der Waals surface area contributed by atoms with Crippen molar-refractivity contribution in [2.75, 3.05) is 13.7 Å². The van der Waals surface area contributed by atoms with Crippen LogP contribution in [0.15, 0.2) is 24.4 Å². The van der Waals surface area contributed by atoms with Crippen molar-refractivity contribution in [1.82, 2.24) is 25.3 Å². The topological polar surface area (TPSA) is 196 Å². The molecule has 1 N–H and O–H groups in total. The van der Waals surface area contributed by atoms with Crippen LogP contribution in [0, 0.1) is 0 Å². The second-order valence-corrected chi connectivity index (χ2v) is 8.53. The normalized spacial score (nSPS) is 22.0. The average molecular weight is 564 g/mol. The number of amides is 1. The van der Waals surface area contributed by atoms with E-state index in [1.165, 1.54) is 31.0 Å². The predicted octanol–water partition coefficient (Wildman–Crippen LogP) is -0.133. The van der Waals surface area contributed by atoms with Crippen molar-refractivity contribution in [2.45, 2.75) is 64.9 Å². The quantitative estimate of drug-likeness (QED) is 0.296. The van der Waals surface area contributed by atoms with Crippen LogP contribution in [0.5, 0.6) is 5.88 Å². The molecule has 0 saturated carbocycles. The first kappa shape index (κ1) is 29.9. The minimum Gasteiger partial charge on any atom is -0.481 e. The standard InChI is InChI=1S/C24H29N5O11/c1-12(30)36-11-18-20(37-13(2)31)21(38-14(3)32)22(39-15(4)33)24(40-18)29-10-16(27-28-29)9-25-23(34)17-7-6-8-19(26-17)35-5/h6-8,10,18,20-22,24H,9,11H2,1-5H3,(H,25,34)/t18-,20-,21+,22-,24-/m1/s1. The lowest BCUT2D eigenvalue weighted by molar-refractivity contribution is -0.270. The first-order valence-corrected chi connectivity index (χ1v) is 12.0. The number of carbonyl (C=O) groups is 5. The molecule has 1 aliphatic rings. The Bertz CT molecular complexity index is 1250. The molecule has 0 aromatic carbocycles. The van der Waals surface area contributed by atoms with Gasteiger partial charge in [0.2, 0.25) is 5.88 Å². The second-order valence-electron chi connectivity index (χ2n) is 8.53. The molecule has 0 unspecified atom stereocenters. The number of hydrogen-bond acceptors (Lipinski definition) is 14. The van der Waals surface area contributed by atoms with Crippen LogP contribution in [0.3, 0.4) is 0 Å². The zero-order valence-electron chi connectivity index (χ0n) is 22.4. The number of ether oxygens (including phenoxy) is 6. The largest absolute Gasteiger partial charge is 0.481 e. The van der Waals surface area contributed by atoms with E-state index in [0.29, 0.717) is 0 Å². The van der Waals surface area contributed by atoms with Gasteiger partial charge in [0, 0.05) is 33.8 Å². The van der Waals surface area contributed by atoms with Gasteiger partial charge in [0.05, 0.1) is 19.9 Å². The van der Waals surface area contributed by atoms with Gasteiger partial charge >= 0.3 is 23.9 Å². The van der Waals surface area contributed by atoms with E-state index in [0.717, 1.165) is 20.8 Å². The number of carbonyl (C=O) groups excluding carboxylic acids is 5. The zero-order chi connectivity index (χ0) is 29.4. The van der Waals surface area contributed by atoms with Gasteiger partial charge in [-0.2, -0.15) is 0 Å². The van der Waals surface area contributed by atoms with Gasteiger partial charge in [-0.3, -0.25) is 24.0 Å². The van der Waals surface area contributed by atoms with E-state index in [1.54, 1.807) is 12.1 Å². The molecule has 16 nitrogen and oxygen atoms in total. The number of nitrogens with zero attached hydrogens (tertiary/aromatic N) is 4. The number of nitrogens with one attached hydrogen (secondary N) is 1. The first-order chi connectivity index (χ1) is 19.0. The van der Waals surface area contributed by atoms with E-state index in [2.05, 4.69) is 20.6 Å². The Morgan fingerprint density at radius 2 is 1.57 bits per heavy atom.